The van der Waals surface area contributed by atoms with Gasteiger partial charge in [-0.05, 0) is 25.5 Å². The minimum absolute atomic E-state index is 0.0340. The Bertz CT molecular complexity index is 717. The topological polar surface area (TPSA) is 61.5 Å². The number of para-hydroxylation sites is 1. The number of aromatic amines is 1. The molecule has 1 aromatic carbocycles. The first kappa shape index (κ1) is 15.6. The van der Waals surface area contributed by atoms with Crippen molar-refractivity contribution in [2.45, 2.75) is 31.8 Å². The van der Waals surface area contributed by atoms with Gasteiger partial charge in [-0.15, -0.1) is 0 Å². The van der Waals surface area contributed by atoms with Crippen LogP contribution < -0.4 is 0 Å². The highest BCUT2D eigenvalue weighted by molar-refractivity contribution is 6.04. The lowest BCUT2D eigenvalue weighted by Gasteiger charge is -2.48. The van der Waals surface area contributed by atoms with E-state index in [1.807, 2.05) is 29.2 Å². The largest absolute Gasteiger partial charge is 0.381 e. The second kappa shape index (κ2) is 6.53. The number of aromatic nitrogens is 2. The van der Waals surface area contributed by atoms with Crippen LogP contribution in [-0.2, 0) is 4.74 Å². The van der Waals surface area contributed by atoms with E-state index in [-0.39, 0.29) is 5.91 Å². The number of H-pyrrole nitrogens is 1. The molecule has 4 rings (SSSR count). The van der Waals surface area contributed by atoms with Crippen molar-refractivity contribution in [3.05, 3.63) is 30.0 Å². The van der Waals surface area contributed by atoms with Crippen LogP contribution in [0.2, 0.25) is 0 Å². The predicted octanol–water partition coefficient (Wildman–Crippen LogP) is 1.89. The van der Waals surface area contributed by atoms with Crippen molar-refractivity contribution in [1.82, 2.24) is 20.0 Å². The molecule has 24 heavy (non-hydrogen) atoms. The molecule has 6 heteroatoms. The zero-order valence-corrected chi connectivity index (χ0v) is 14.1. The van der Waals surface area contributed by atoms with Crippen molar-refractivity contribution >= 4 is 16.8 Å². The van der Waals surface area contributed by atoms with E-state index in [1.54, 1.807) is 0 Å². The first-order valence-corrected chi connectivity index (χ1v) is 8.83. The molecule has 0 unspecified atom stereocenters. The molecular formula is C18H24N4O2. The fourth-order valence-electron chi connectivity index (χ4n) is 3.94. The van der Waals surface area contributed by atoms with Gasteiger partial charge in [0, 0.05) is 43.8 Å². The molecule has 1 amide bonds. The molecular weight excluding hydrogens is 304 g/mol. The third kappa shape index (κ3) is 2.70. The van der Waals surface area contributed by atoms with Crippen molar-refractivity contribution in [1.29, 1.82) is 0 Å². The van der Waals surface area contributed by atoms with Crippen LogP contribution in [0.3, 0.4) is 0 Å². The van der Waals surface area contributed by atoms with Gasteiger partial charge in [-0.1, -0.05) is 25.1 Å². The minimum atomic E-state index is 0.0340. The summed E-state index contributed by atoms with van der Waals surface area (Å²) in [5.41, 5.74) is 1.45. The van der Waals surface area contributed by atoms with Crippen molar-refractivity contribution in [3.8, 4) is 0 Å². The Balaban J connectivity index is 1.42. The fraction of sp³-hybridized carbons (Fsp3) is 0.556. The summed E-state index contributed by atoms with van der Waals surface area (Å²) in [6, 6.07) is 8.84. The number of nitrogens with zero attached hydrogens (tertiary/aromatic N) is 3. The third-order valence-corrected chi connectivity index (χ3v) is 5.32. The van der Waals surface area contributed by atoms with Crippen LogP contribution in [0.4, 0.5) is 0 Å². The number of rotatable bonds is 4. The van der Waals surface area contributed by atoms with E-state index >= 15 is 0 Å². The van der Waals surface area contributed by atoms with Crippen molar-refractivity contribution < 1.29 is 9.53 Å². The van der Waals surface area contributed by atoms with E-state index in [2.05, 4.69) is 22.0 Å². The highest BCUT2D eigenvalue weighted by Crippen LogP contribution is 2.25. The van der Waals surface area contributed by atoms with Gasteiger partial charge in [0.15, 0.2) is 5.69 Å². The molecule has 2 aliphatic heterocycles. The van der Waals surface area contributed by atoms with E-state index in [0.29, 0.717) is 17.8 Å². The van der Waals surface area contributed by atoms with Gasteiger partial charge < -0.3 is 9.64 Å². The Morgan fingerprint density at radius 2 is 2.04 bits per heavy atom. The number of carbonyl (C=O) groups excluding carboxylic acids is 1. The van der Waals surface area contributed by atoms with E-state index in [9.17, 15) is 4.79 Å². The standard InChI is InChI=1S/C18H24N4O2/c1-2-22(13-7-9-24-10-8-13)14-11-21(12-14)18(23)17-15-5-3-4-6-16(15)19-20-17/h3-6,13-14H,2,7-12H2,1H3,(H,19,20). The van der Waals surface area contributed by atoms with Gasteiger partial charge >= 0.3 is 0 Å². The lowest BCUT2D eigenvalue weighted by molar-refractivity contribution is -0.0223. The summed E-state index contributed by atoms with van der Waals surface area (Å²) in [5.74, 6) is 0.0340. The van der Waals surface area contributed by atoms with E-state index < -0.39 is 0 Å². The maximum absolute atomic E-state index is 12.7. The van der Waals surface area contributed by atoms with Crippen molar-refractivity contribution in [2.75, 3.05) is 32.8 Å². The highest BCUT2D eigenvalue weighted by atomic mass is 16.5. The molecule has 128 valence electrons. The maximum atomic E-state index is 12.7. The average Bonchev–Trinajstić information content (AvgIpc) is 3.02. The van der Waals surface area contributed by atoms with Crippen LogP contribution in [0.5, 0.6) is 0 Å². The van der Waals surface area contributed by atoms with Crippen LogP contribution in [0.15, 0.2) is 24.3 Å². The van der Waals surface area contributed by atoms with Gasteiger partial charge in [-0.3, -0.25) is 14.8 Å². The van der Waals surface area contributed by atoms with Crippen molar-refractivity contribution in [2.24, 2.45) is 0 Å². The van der Waals surface area contributed by atoms with Gasteiger partial charge in [0.05, 0.1) is 5.52 Å². The van der Waals surface area contributed by atoms with Gasteiger partial charge in [0.1, 0.15) is 0 Å². The summed E-state index contributed by atoms with van der Waals surface area (Å²) in [5, 5.41) is 8.08. The monoisotopic (exact) mass is 328 g/mol. The molecule has 2 aromatic rings. The molecule has 1 N–H and O–H groups in total. The molecule has 6 nitrogen and oxygen atoms in total. The van der Waals surface area contributed by atoms with E-state index in [4.69, 9.17) is 4.74 Å². The molecule has 0 aliphatic carbocycles. The first-order chi connectivity index (χ1) is 11.8. The SMILES string of the molecule is CCN(C1CCOCC1)C1CN(C(=O)c2n[nH]c3ccccc23)C1. The zero-order valence-electron chi connectivity index (χ0n) is 14.1. The number of hydrogen-bond acceptors (Lipinski definition) is 4. The maximum Gasteiger partial charge on any atom is 0.275 e. The van der Waals surface area contributed by atoms with Crippen LogP contribution in [0.1, 0.15) is 30.3 Å². The second-order valence-electron chi connectivity index (χ2n) is 6.66. The van der Waals surface area contributed by atoms with Gasteiger partial charge in [-0.25, -0.2) is 0 Å². The molecule has 0 saturated carbocycles. The zero-order chi connectivity index (χ0) is 16.5. The fourth-order valence-corrected chi connectivity index (χ4v) is 3.94. The number of fused-ring (bicyclic) bond motifs is 1. The van der Waals surface area contributed by atoms with E-state index in [0.717, 1.165) is 56.6 Å². The number of nitrogens with one attached hydrogen (secondary N) is 1. The molecule has 2 saturated heterocycles. The highest BCUT2D eigenvalue weighted by Gasteiger charge is 2.38. The molecule has 0 spiro atoms. The number of carbonyl (C=O) groups is 1. The Morgan fingerprint density at radius 1 is 1.29 bits per heavy atom. The minimum Gasteiger partial charge on any atom is -0.381 e. The summed E-state index contributed by atoms with van der Waals surface area (Å²) in [6.45, 7) is 6.55. The molecule has 0 atom stereocenters. The first-order valence-electron chi connectivity index (χ1n) is 8.83. The lowest BCUT2D eigenvalue weighted by atomic mass is 9.99. The Morgan fingerprint density at radius 3 is 2.79 bits per heavy atom. The Labute approximate surface area is 141 Å². The third-order valence-electron chi connectivity index (χ3n) is 5.32. The summed E-state index contributed by atoms with van der Waals surface area (Å²) >= 11 is 0. The number of ether oxygens (including phenoxy) is 1. The number of likely N-dealkylation sites (N-methyl/N-ethyl adjacent to an activating group) is 1. The number of hydrogen-bond donors (Lipinski definition) is 1. The lowest BCUT2D eigenvalue weighted by Crippen LogP contribution is -2.63. The van der Waals surface area contributed by atoms with Crippen LogP contribution >= 0.6 is 0 Å². The molecule has 0 bridgehead atoms. The number of amides is 1. The Hall–Kier alpha value is -1.92. The Kier molecular flexibility index (Phi) is 4.24. The molecule has 3 heterocycles. The summed E-state index contributed by atoms with van der Waals surface area (Å²) in [4.78, 5) is 17.2. The van der Waals surface area contributed by atoms with Gasteiger partial charge in [-0.2, -0.15) is 5.10 Å². The van der Waals surface area contributed by atoms with Gasteiger partial charge in [0.25, 0.3) is 5.91 Å². The normalized spacial score (nSPS) is 19.8. The summed E-state index contributed by atoms with van der Waals surface area (Å²) < 4.78 is 5.47. The molecule has 1 aromatic heterocycles. The van der Waals surface area contributed by atoms with Gasteiger partial charge in [0.2, 0.25) is 0 Å². The quantitative estimate of drug-likeness (QED) is 0.931. The average molecular weight is 328 g/mol. The summed E-state index contributed by atoms with van der Waals surface area (Å²) in [7, 11) is 0. The second-order valence-corrected chi connectivity index (χ2v) is 6.66. The number of benzene rings is 1. The van der Waals surface area contributed by atoms with Crippen molar-refractivity contribution in [3.63, 3.8) is 0 Å². The van der Waals surface area contributed by atoms with Crippen LogP contribution in [0, 0.1) is 0 Å². The molecule has 2 fully saturated rings. The summed E-state index contributed by atoms with van der Waals surface area (Å²) in [6.07, 6.45) is 2.20. The molecule has 0 radical (unpaired) electrons. The smallest absolute Gasteiger partial charge is 0.275 e. The van der Waals surface area contributed by atoms with Crippen LogP contribution in [0.25, 0.3) is 10.9 Å². The van der Waals surface area contributed by atoms with E-state index in [1.165, 1.54) is 0 Å². The number of likely N-dealkylation sites (tertiary alicyclic amines) is 1. The molecule has 2 aliphatic rings. The predicted molar refractivity (Wildman–Crippen MR) is 92.0 cm³/mol. The van der Waals surface area contributed by atoms with Crippen LogP contribution in [-0.4, -0.2) is 70.8 Å².